The Morgan fingerprint density at radius 2 is 1.85 bits per heavy atom. The minimum atomic E-state index is 0.632. The number of aromatic nitrogens is 2. The maximum Gasteiger partial charge on any atom is 0.130 e. The lowest BCUT2D eigenvalue weighted by atomic mass is 9.98. The van der Waals surface area contributed by atoms with Gasteiger partial charge in [0.1, 0.15) is 11.6 Å². The number of aliphatic imine (C=N–C) groups is 1. The van der Waals surface area contributed by atoms with Gasteiger partial charge in [0, 0.05) is 86.6 Å². The number of nitrogens with zero attached hydrogens (tertiary/aromatic N) is 6. The van der Waals surface area contributed by atoms with E-state index in [1.165, 1.54) is 0 Å². The van der Waals surface area contributed by atoms with Crippen molar-refractivity contribution in [2.45, 2.75) is 18.9 Å². The summed E-state index contributed by atoms with van der Waals surface area (Å²) < 4.78 is 5.50. The smallest absolute Gasteiger partial charge is 0.130 e. The van der Waals surface area contributed by atoms with Crippen molar-refractivity contribution in [3.05, 3.63) is 72.7 Å². The van der Waals surface area contributed by atoms with Gasteiger partial charge in [-0.3, -0.25) is 9.89 Å². The number of nitrogens with one attached hydrogen (secondary N) is 1. The average Bonchev–Trinajstić information content (AvgIpc) is 3.01. The molecule has 0 saturated carbocycles. The van der Waals surface area contributed by atoms with Crippen LogP contribution >= 0.6 is 0 Å². The van der Waals surface area contributed by atoms with Crippen LogP contribution in [0.3, 0.4) is 0 Å². The highest BCUT2D eigenvalue weighted by Crippen LogP contribution is 2.27. The molecule has 2 aliphatic rings. The van der Waals surface area contributed by atoms with Gasteiger partial charge < -0.3 is 25.6 Å². The number of rotatable bonds is 9. The van der Waals surface area contributed by atoms with E-state index in [-0.39, 0.29) is 0 Å². The van der Waals surface area contributed by atoms with Crippen LogP contribution in [0.15, 0.2) is 66.6 Å². The van der Waals surface area contributed by atoms with Crippen LogP contribution in [-0.2, 0) is 4.74 Å². The molecule has 0 amide bonds. The van der Waals surface area contributed by atoms with E-state index in [0.717, 1.165) is 109 Å². The summed E-state index contributed by atoms with van der Waals surface area (Å²) in [6.45, 7) is 10.4. The molecule has 2 saturated heterocycles. The molecule has 0 unspecified atom stereocenters. The van der Waals surface area contributed by atoms with Crippen LogP contribution < -0.4 is 16.0 Å². The van der Waals surface area contributed by atoms with Crippen molar-refractivity contribution in [3.8, 4) is 0 Å². The molecule has 3 N–H and O–H groups in total. The Morgan fingerprint density at radius 3 is 2.56 bits per heavy atom. The molecule has 0 atom stereocenters. The number of nitrogens with two attached hydrogens (primary N) is 1. The van der Waals surface area contributed by atoms with Crippen molar-refractivity contribution in [1.29, 1.82) is 0 Å². The van der Waals surface area contributed by atoms with E-state index in [4.69, 9.17) is 10.5 Å². The number of anilines is 2. The van der Waals surface area contributed by atoms with E-state index in [2.05, 4.69) is 86.0 Å². The van der Waals surface area contributed by atoms with Gasteiger partial charge in [0.15, 0.2) is 0 Å². The molecular formula is C32H42N8O. The highest BCUT2D eigenvalue weighted by Gasteiger charge is 2.22. The quantitative estimate of drug-likeness (QED) is 0.384. The highest BCUT2D eigenvalue weighted by molar-refractivity contribution is 6.25. The zero-order chi connectivity index (χ0) is 28.8. The zero-order valence-electron chi connectivity index (χ0n) is 24.5. The number of morpholine rings is 1. The fourth-order valence-corrected chi connectivity index (χ4v) is 5.60. The second-order valence-electron chi connectivity index (χ2n) is 11.0. The Labute approximate surface area is 243 Å². The Hall–Kier alpha value is -3.79. The predicted octanol–water partition coefficient (Wildman–Crippen LogP) is 3.95. The summed E-state index contributed by atoms with van der Waals surface area (Å²) in [6.07, 6.45) is 7.69. The molecule has 0 aliphatic carbocycles. The maximum absolute atomic E-state index is 6.14. The Balaban J connectivity index is 1.30. The van der Waals surface area contributed by atoms with E-state index >= 15 is 0 Å². The molecule has 9 heteroatoms. The van der Waals surface area contributed by atoms with Crippen LogP contribution in [0, 0.1) is 0 Å². The lowest BCUT2D eigenvalue weighted by Gasteiger charge is -2.36. The molecule has 1 aromatic carbocycles. The van der Waals surface area contributed by atoms with E-state index in [1.54, 1.807) is 6.20 Å². The Morgan fingerprint density at radius 1 is 1.07 bits per heavy atom. The number of ether oxygens (including phenoxy) is 1. The van der Waals surface area contributed by atoms with Crippen molar-refractivity contribution in [2.24, 2.45) is 10.7 Å². The van der Waals surface area contributed by atoms with Gasteiger partial charge in [-0.15, -0.1) is 0 Å². The second-order valence-corrected chi connectivity index (χ2v) is 11.0. The molecular weight excluding hydrogens is 512 g/mol. The average molecular weight is 555 g/mol. The minimum absolute atomic E-state index is 0.632. The highest BCUT2D eigenvalue weighted by atomic mass is 16.5. The monoisotopic (exact) mass is 554 g/mol. The van der Waals surface area contributed by atoms with E-state index in [1.807, 2.05) is 25.5 Å². The fourth-order valence-electron chi connectivity index (χ4n) is 5.60. The van der Waals surface area contributed by atoms with Gasteiger partial charge in [-0.05, 0) is 62.2 Å². The van der Waals surface area contributed by atoms with Crippen molar-refractivity contribution in [2.75, 3.05) is 77.3 Å². The lowest BCUT2D eigenvalue weighted by Crippen LogP contribution is -2.42. The van der Waals surface area contributed by atoms with Crippen molar-refractivity contribution >= 4 is 39.4 Å². The molecule has 5 rings (SSSR count). The molecule has 2 aromatic heterocycles. The van der Waals surface area contributed by atoms with Crippen LogP contribution in [0.4, 0.5) is 11.6 Å². The van der Waals surface area contributed by atoms with Gasteiger partial charge in [0.05, 0.1) is 18.9 Å². The molecule has 0 radical (unpaired) electrons. The molecule has 2 aliphatic heterocycles. The first-order valence-electron chi connectivity index (χ1n) is 14.4. The predicted molar refractivity (Wildman–Crippen MR) is 170 cm³/mol. The summed E-state index contributed by atoms with van der Waals surface area (Å²) in [6, 6.07) is 13.1. The number of hydrogen-bond acceptors (Lipinski definition) is 9. The molecule has 4 heterocycles. The van der Waals surface area contributed by atoms with E-state index < -0.39 is 0 Å². The summed E-state index contributed by atoms with van der Waals surface area (Å²) in [4.78, 5) is 20.9. The van der Waals surface area contributed by atoms with Crippen LogP contribution in [0.25, 0.3) is 22.0 Å². The van der Waals surface area contributed by atoms with E-state index in [0.29, 0.717) is 6.04 Å². The Kier molecular flexibility index (Phi) is 9.28. The van der Waals surface area contributed by atoms with Gasteiger partial charge in [-0.1, -0.05) is 18.7 Å². The third-order valence-electron chi connectivity index (χ3n) is 8.15. The van der Waals surface area contributed by atoms with Crippen LogP contribution in [0.5, 0.6) is 0 Å². The summed E-state index contributed by atoms with van der Waals surface area (Å²) in [5.74, 6) is 1.73. The standard InChI is InChI=1S/C32H42N8O/c1-23(24-7-10-35-32(19-24)40-11-8-28(9-12-40)38(3)4)37-31-18-27-17-25(5-6-26(27)21-36-31)29(20-33)30(34-2)22-39-13-15-41-16-14-39/h5-7,10,17-21,28H,1,8-9,11-16,22,33H2,2-4H3,(H,36,37). The molecule has 3 aromatic rings. The second kappa shape index (κ2) is 13.2. The molecule has 0 spiro atoms. The zero-order valence-corrected chi connectivity index (χ0v) is 24.5. The summed E-state index contributed by atoms with van der Waals surface area (Å²) in [5, 5.41) is 5.53. The van der Waals surface area contributed by atoms with Gasteiger partial charge in [-0.2, -0.15) is 0 Å². The van der Waals surface area contributed by atoms with Crippen molar-refractivity contribution < 1.29 is 4.74 Å². The van der Waals surface area contributed by atoms with Gasteiger partial charge in [-0.25, -0.2) is 9.97 Å². The summed E-state index contributed by atoms with van der Waals surface area (Å²) >= 11 is 0. The topological polar surface area (TPSA) is 95.1 Å². The third kappa shape index (κ3) is 6.93. The number of piperidine rings is 1. The molecule has 41 heavy (non-hydrogen) atoms. The van der Waals surface area contributed by atoms with Gasteiger partial charge in [0.25, 0.3) is 0 Å². The normalized spacial score (nSPS) is 17.8. The van der Waals surface area contributed by atoms with E-state index in [9.17, 15) is 0 Å². The molecule has 9 nitrogen and oxygen atoms in total. The number of benzene rings is 1. The van der Waals surface area contributed by atoms with Gasteiger partial charge >= 0.3 is 0 Å². The third-order valence-corrected chi connectivity index (χ3v) is 8.15. The summed E-state index contributed by atoms with van der Waals surface area (Å²) in [7, 11) is 6.15. The molecule has 0 bridgehead atoms. The fraction of sp³-hybridized carbons (Fsp3) is 0.406. The SMILES string of the molecule is C=C(Nc1cc2cc(C(=CN)C(CN3CCOCC3)=NC)ccc2cn1)c1ccnc(N2CCC(N(C)C)CC2)c1. The molecule has 2 fully saturated rings. The van der Waals surface area contributed by atoms with Crippen LogP contribution in [0.2, 0.25) is 0 Å². The van der Waals surface area contributed by atoms with Crippen LogP contribution in [0.1, 0.15) is 24.0 Å². The first kappa shape index (κ1) is 28.7. The van der Waals surface area contributed by atoms with Crippen LogP contribution in [-0.4, -0.2) is 98.6 Å². The van der Waals surface area contributed by atoms with Crippen molar-refractivity contribution in [1.82, 2.24) is 19.8 Å². The number of pyridine rings is 2. The number of hydrogen-bond donors (Lipinski definition) is 2. The summed E-state index contributed by atoms with van der Waals surface area (Å²) in [5.41, 5.74) is 10.9. The minimum Gasteiger partial charge on any atom is -0.404 e. The lowest BCUT2D eigenvalue weighted by molar-refractivity contribution is 0.0454. The first-order valence-corrected chi connectivity index (χ1v) is 14.4. The number of fused-ring (bicyclic) bond motifs is 1. The maximum atomic E-state index is 6.14. The first-order chi connectivity index (χ1) is 19.9. The largest absolute Gasteiger partial charge is 0.404 e. The molecule has 216 valence electrons. The van der Waals surface area contributed by atoms with Gasteiger partial charge in [0.2, 0.25) is 0 Å². The Bertz CT molecular complexity index is 1420. The van der Waals surface area contributed by atoms with Crippen molar-refractivity contribution in [3.63, 3.8) is 0 Å².